The van der Waals surface area contributed by atoms with Crippen LogP contribution < -0.4 is 0 Å². The molecule has 134 heavy (non-hydrogen) atoms. The SMILES string of the molecule is CC(C)c1cc(C(C)C)c(S(=O)(=O)Cl)c(C(C)C)c1.O=S(=O)(Cl)c1c(F)c(F)c(F)c(F)c1F.O=S(=O)(Cl)c1ccc(Cl)c(Cl)c1.O=S(=O)(Cl)c1cccc(C(F)(F)F)c1.O=[N+]([O-])c1cc(C(F)(F)F)ccc1S(=O)(=O)Cl.O=[N+]([O-])c1cc(S(=O)(=O)Cl)ccc1Cl.O=[N+]([O-])c1ccc(S(=O)(=O)Cl)c([N+](=O)[O-])c1.O=[N+]([O-])c1ccccc1CS(=O)(=O)Cl.O=[N+]([O-])c1ccccc1S(=O)(=O)Cl. The summed E-state index contributed by atoms with van der Waals surface area (Å²) in [5.41, 5.74) is -3.44. The van der Waals surface area contributed by atoms with E-state index in [1.807, 2.05) is 39.8 Å². The van der Waals surface area contributed by atoms with Gasteiger partial charge in [-0.15, -0.1) is 0 Å². The van der Waals surface area contributed by atoms with E-state index in [-0.39, 0.29) is 49.0 Å². The van der Waals surface area contributed by atoms with Crippen molar-refractivity contribution in [1.82, 2.24) is 0 Å². The summed E-state index contributed by atoms with van der Waals surface area (Å²) in [6, 6.07) is 27.6. The van der Waals surface area contributed by atoms with Crippen LogP contribution in [0.5, 0.6) is 0 Å². The highest BCUT2D eigenvalue weighted by molar-refractivity contribution is 8.16. The molecular formula is C66H49Cl12F11N6O30S9. The number of halogens is 23. The van der Waals surface area contributed by atoms with E-state index in [0.29, 0.717) is 40.1 Å². The molecule has 0 aliphatic rings. The van der Waals surface area contributed by atoms with Crippen molar-refractivity contribution in [3.63, 3.8) is 0 Å². The van der Waals surface area contributed by atoms with E-state index in [4.69, 9.17) is 120 Å². The molecule has 0 amide bonds. The van der Waals surface area contributed by atoms with Crippen molar-refractivity contribution < 1.29 is 154 Å². The monoisotopic (exact) mass is 2320 g/mol. The van der Waals surface area contributed by atoms with Crippen molar-refractivity contribution >= 4 is 247 Å². The Bertz CT molecular complexity index is 7070. The molecule has 9 rings (SSSR count). The number of nitrogens with zero attached hydrogens (tertiary/aromatic N) is 6. The van der Waals surface area contributed by atoms with Crippen LogP contribution in [0.15, 0.2) is 197 Å². The molecule has 9 aromatic rings. The summed E-state index contributed by atoms with van der Waals surface area (Å²) >= 11 is 16.6. The lowest BCUT2D eigenvalue weighted by Gasteiger charge is -2.20. The molecular weight excluding hydrogens is 2280 g/mol. The van der Waals surface area contributed by atoms with Crippen LogP contribution in [0.3, 0.4) is 0 Å². The van der Waals surface area contributed by atoms with Crippen molar-refractivity contribution in [1.29, 1.82) is 0 Å². The molecule has 0 heterocycles. The Morgan fingerprint density at radius 1 is 0.299 bits per heavy atom. The minimum atomic E-state index is -5.05. The molecule has 36 nitrogen and oxygen atoms in total. The Morgan fingerprint density at radius 2 is 0.642 bits per heavy atom. The van der Waals surface area contributed by atoms with E-state index in [0.717, 1.165) is 77.4 Å². The van der Waals surface area contributed by atoms with Gasteiger partial charge in [-0.05, 0) is 107 Å². The number of non-ortho nitro benzene ring substituents is 1. The Labute approximate surface area is 805 Å². The smallest absolute Gasteiger partial charge is 0.258 e. The fourth-order valence-corrected chi connectivity index (χ4v) is 18.6. The molecule has 0 saturated carbocycles. The number of alkyl halides is 6. The highest BCUT2D eigenvalue weighted by Gasteiger charge is 2.37. The van der Waals surface area contributed by atoms with Gasteiger partial charge in [0.15, 0.2) is 42.9 Å². The third-order valence-corrected chi connectivity index (χ3v) is 27.9. The number of nitro benzene ring substituents is 6. The number of para-hydroxylation sites is 2. The second-order valence-corrected chi connectivity index (χ2v) is 49.6. The summed E-state index contributed by atoms with van der Waals surface area (Å²) in [6.07, 6.45) is -9.38. The molecule has 0 aliphatic carbocycles. The normalized spacial score (nSPS) is 11.9. The van der Waals surface area contributed by atoms with Crippen molar-refractivity contribution in [2.24, 2.45) is 0 Å². The van der Waals surface area contributed by atoms with Gasteiger partial charge in [0.05, 0.1) is 82.1 Å². The number of hydrogen-bond acceptors (Lipinski definition) is 30. The van der Waals surface area contributed by atoms with Gasteiger partial charge < -0.3 is 0 Å². The van der Waals surface area contributed by atoms with Crippen molar-refractivity contribution in [2.75, 3.05) is 0 Å². The Kier molecular flexibility index (Phi) is 45.9. The molecule has 0 fully saturated rings. The molecule has 0 unspecified atom stereocenters. The molecule has 68 heteroatoms. The van der Waals surface area contributed by atoms with Crippen molar-refractivity contribution in [3.05, 3.63) is 296 Å². The largest absolute Gasteiger partial charge is 0.416 e. The predicted octanol–water partition coefficient (Wildman–Crippen LogP) is 22.2. The zero-order valence-corrected chi connectivity index (χ0v) is 82.2. The maximum Gasteiger partial charge on any atom is 0.416 e. The standard InChI is InChI=1S/C15H23ClO2S.C7H3ClF3NO4S.C7H4ClF3O2S.C7H6ClNO4S.C6H3Cl3O2S.C6H3Cl2NO4S.C6ClF5O2S.C6H3ClN2O6S.C6H4ClNO4S/c1-9(2)12-7-13(10(3)4)15(19(16,17)18)14(8-12)11(5)6;8-17(15,16)6-2-1-4(7(9,10)11)3-5(6)12(13)14;8-14(12,13)6-3-1-2-5(4-6)7(9,10)11;8-14(12,13)5-6-3-1-2-4-7(6)9(10)11;7-5-2-1-4(3-6(5)8)12(9,10)11;7-5-2-1-4(14(8,12)13)3-6(5)9(10)11;7-15(13,14)6-4(11)2(9)1(8)3(10)5(6)12;7-16(14,15)6-2-1-4(8(10)11)3-5(6)9(12)13;7-13(11,12)6-4-2-1-3-5(6)8(9)10/h7-11H,1-6H3;1-3H;1-4H;1-4H,5H2;1-3H;1-3H;;1-3H;1-4H. The van der Waals surface area contributed by atoms with Gasteiger partial charge in [-0.1, -0.05) is 125 Å². The van der Waals surface area contributed by atoms with Crippen LogP contribution in [0.2, 0.25) is 15.1 Å². The first-order valence-electron chi connectivity index (χ1n) is 33.3. The maximum absolute atomic E-state index is 12.7. The maximum atomic E-state index is 12.7. The van der Waals surface area contributed by atoms with Crippen LogP contribution in [0, 0.1) is 89.8 Å². The first-order valence-corrected chi connectivity index (χ1v) is 55.3. The number of rotatable bonds is 19. The zero-order chi connectivity index (χ0) is 105. The van der Waals surface area contributed by atoms with Crippen LogP contribution >= 0.6 is 131 Å². The summed E-state index contributed by atoms with van der Waals surface area (Å²) in [6.45, 7) is 12.2. The minimum absolute atomic E-state index is 0.0569. The third kappa shape index (κ3) is 39.6. The highest BCUT2D eigenvalue weighted by atomic mass is 35.7. The molecule has 0 aromatic heterocycles. The predicted molar refractivity (Wildman–Crippen MR) is 468 cm³/mol. The lowest BCUT2D eigenvalue weighted by Crippen LogP contribution is -2.09. The van der Waals surface area contributed by atoms with E-state index in [1.54, 1.807) is 0 Å². The summed E-state index contributed by atoms with van der Waals surface area (Å²) in [5.74, 6) is -12.1. The average Bonchev–Trinajstić information content (AvgIpc) is 0.770. The number of hydrogen-bond donors (Lipinski definition) is 0. The van der Waals surface area contributed by atoms with Crippen LogP contribution in [-0.4, -0.2) is 105 Å². The van der Waals surface area contributed by atoms with Gasteiger partial charge in [0.1, 0.15) is 5.02 Å². The summed E-state index contributed by atoms with van der Waals surface area (Å²) in [5, 5.41) is 62.8. The zero-order valence-electron chi connectivity index (χ0n) is 65.7. The van der Waals surface area contributed by atoms with E-state index in [2.05, 4.69) is 24.5 Å². The lowest BCUT2D eigenvalue weighted by molar-refractivity contribution is -0.396. The van der Waals surface area contributed by atoms with E-state index in [9.17, 15) is 185 Å². The Hall–Kier alpha value is -8.36. The van der Waals surface area contributed by atoms with Gasteiger partial charge in [0.2, 0.25) is 14.9 Å². The number of benzene rings is 9. The Morgan fingerprint density at radius 3 is 0.985 bits per heavy atom. The Balaban J connectivity index is 0.000000756. The first-order chi connectivity index (χ1) is 60.3. The average molecular weight is 2330 g/mol. The molecule has 0 aliphatic heterocycles. The molecule has 0 bridgehead atoms. The van der Waals surface area contributed by atoms with Crippen LogP contribution in [0.1, 0.15) is 92.7 Å². The molecule has 0 saturated heterocycles. The van der Waals surface area contributed by atoms with E-state index in [1.165, 1.54) is 54.6 Å². The van der Waals surface area contributed by atoms with Crippen molar-refractivity contribution in [2.45, 2.75) is 117 Å². The first kappa shape index (κ1) is 124. The molecule has 0 N–H and O–H groups in total. The minimum Gasteiger partial charge on any atom is -0.258 e. The second kappa shape index (κ2) is 49.8. The van der Waals surface area contributed by atoms with Gasteiger partial charge in [0, 0.05) is 132 Å². The summed E-state index contributed by atoms with van der Waals surface area (Å²) in [4.78, 5) is 52.2. The van der Waals surface area contributed by atoms with Gasteiger partial charge in [-0.2, -0.15) is 26.3 Å². The summed E-state index contributed by atoms with van der Waals surface area (Å²) < 4.78 is 332. The molecule has 0 spiro atoms. The topological polar surface area (TPSA) is 566 Å². The molecule has 0 atom stereocenters. The summed E-state index contributed by atoms with van der Waals surface area (Å²) in [7, 11) is 7.69. The third-order valence-electron chi connectivity index (χ3n) is 14.9. The van der Waals surface area contributed by atoms with Gasteiger partial charge >= 0.3 is 12.4 Å². The van der Waals surface area contributed by atoms with Crippen LogP contribution in [-0.2, 0) is 99.6 Å². The fourth-order valence-electron chi connectivity index (χ4n) is 9.03. The molecule has 0 radical (unpaired) electrons. The molecule has 9 aromatic carbocycles. The van der Waals surface area contributed by atoms with Gasteiger partial charge in [-0.25, -0.2) is 97.7 Å². The van der Waals surface area contributed by atoms with E-state index < -0.39 is 222 Å². The second-order valence-electron chi connectivity index (χ2n) is 25.3. The van der Waals surface area contributed by atoms with E-state index >= 15 is 0 Å². The van der Waals surface area contributed by atoms with Crippen LogP contribution in [0.25, 0.3) is 0 Å². The lowest BCUT2D eigenvalue weighted by atomic mass is 9.89. The van der Waals surface area contributed by atoms with Crippen LogP contribution in [0.4, 0.5) is 82.4 Å². The van der Waals surface area contributed by atoms with Gasteiger partial charge in [0.25, 0.3) is 107 Å². The number of nitro groups is 6. The van der Waals surface area contributed by atoms with Gasteiger partial charge in [-0.3, -0.25) is 60.7 Å². The molecule has 738 valence electrons. The quantitative estimate of drug-likeness (QED) is 0.0181. The fraction of sp³-hybridized carbons (Fsp3) is 0.182. The van der Waals surface area contributed by atoms with Crippen molar-refractivity contribution in [3.8, 4) is 0 Å². The highest BCUT2D eigenvalue weighted by Crippen LogP contribution is 2.41.